The number of amides is 1. The lowest BCUT2D eigenvalue weighted by atomic mass is 9.92. The number of hydrogen-bond acceptors (Lipinski definition) is 2. The van der Waals surface area contributed by atoms with Crippen LogP contribution < -0.4 is 10.6 Å². The predicted molar refractivity (Wildman–Crippen MR) is 77.2 cm³/mol. The molecule has 0 bridgehead atoms. The van der Waals surface area contributed by atoms with Gasteiger partial charge in [0.05, 0.1) is 5.92 Å². The molecule has 1 aromatic rings. The Kier molecular flexibility index (Phi) is 3.00. The van der Waals surface area contributed by atoms with Gasteiger partial charge >= 0.3 is 0 Å². The fourth-order valence-corrected chi connectivity index (χ4v) is 3.02. The number of rotatable bonds is 4. The van der Waals surface area contributed by atoms with Crippen LogP contribution in [-0.4, -0.2) is 19.0 Å². The van der Waals surface area contributed by atoms with Crippen molar-refractivity contribution in [2.45, 2.75) is 32.6 Å². The summed E-state index contributed by atoms with van der Waals surface area (Å²) >= 11 is 0. The molecule has 1 unspecified atom stereocenters. The van der Waals surface area contributed by atoms with Crippen LogP contribution >= 0.6 is 0 Å². The van der Waals surface area contributed by atoms with Crippen LogP contribution in [0.5, 0.6) is 0 Å². The van der Waals surface area contributed by atoms with Gasteiger partial charge in [0.25, 0.3) is 0 Å². The Balaban J connectivity index is 1.63. The number of carbonyl (C=O) groups is 1. The second-order valence-electron chi connectivity index (χ2n) is 6.26. The Bertz CT molecular complexity index is 491. The summed E-state index contributed by atoms with van der Waals surface area (Å²) in [6.45, 7) is 6.07. The Hall–Kier alpha value is -1.51. The van der Waals surface area contributed by atoms with Gasteiger partial charge in [-0.15, -0.1) is 0 Å². The third kappa shape index (κ3) is 2.22. The smallest absolute Gasteiger partial charge is 0.229 e. The predicted octanol–water partition coefficient (Wildman–Crippen LogP) is 2.75. The third-order valence-electron chi connectivity index (χ3n) is 4.88. The van der Waals surface area contributed by atoms with Gasteiger partial charge in [-0.05, 0) is 35.8 Å². The molecule has 102 valence electrons. The first-order chi connectivity index (χ1) is 9.12. The second-order valence-corrected chi connectivity index (χ2v) is 6.26. The Labute approximate surface area is 114 Å². The summed E-state index contributed by atoms with van der Waals surface area (Å²) in [6, 6.07) is 8.10. The monoisotopic (exact) mass is 258 g/mol. The van der Waals surface area contributed by atoms with E-state index < -0.39 is 0 Å². The first-order valence-corrected chi connectivity index (χ1v) is 7.23. The summed E-state index contributed by atoms with van der Waals surface area (Å²) in [5.41, 5.74) is 2.61. The summed E-state index contributed by atoms with van der Waals surface area (Å²) in [5, 5.41) is 6.48. The molecule has 0 aromatic heterocycles. The van der Waals surface area contributed by atoms with Crippen molar-refractivity contribution in [2.75, 3.05) is 18.4 Å². The van der Waals surface area contributed by atoms with Crippen molar-refractivity contribution < 1.29 is 4.79 Å². The highest BCUT2D eigenvalue weighted by molar-refractivity contribution is 5.88. The molecule has 2 N–H and O–H groups in total. The molecule has 1 amide bonds. The van der Waals surface area contributed by atoms with Gasteiger partial charge in [0, 0.05) is 18.8 Å². The molecule has 0 saturated heterocycles. The molecule has 2 aliphatic rings. The molecular formula is C16H22N2O. The minimum absolute atomic E-state index is 0.0286. The van der Waals surface area contributed by atoms with Crippen molar-refractivity contribution in [3.63, 3.8) is 0 Å². The maximum atomic E-state index is 12.4. The molecule has 1 aliphatic heterocycles. The van der Waals surface area contributed by atoms with Crippen molar-refractivity contribution in [1.82, 2.24) is 5.32 Å². The molecule has 3 rings (SSSR count). The zero-order chi connectivity index (χ0) is 13.5. The SMILES string of the molecule is CC(C)C1(CNC(=O)C2CNc3ccccc32)CC1. The average Bonchev–Trinajstić information content (AvgIpc) is 3.09. The molecule has 1 aliphatic carbocycles. The number of hydrogen-bond donors (Lipinski definition) is 2. The van der Waals surface area contributed by atoms with E-state index in [0.29, 0.717) is 11.3 Å². The quantitative estimate of drug-likeness (QED) is 0.872. The van der Waals surface area contributed by atoms with E-state index in [4.69, 9.17) is 0 Å². The average molecular weight is 258 g/mol. The van der Waals surface area contributed by atoms with E-state index in [1.165, 1.54) is 12.8 Å². The third-order valence-corrected chi connectivity index (χ3v) is 4.88. The van der Waals surface area contributed by atoms with Gasteiger partial charge in [-0.2, -0.15) is 0 Å². The van der Waals surface area contributed by atoms with Crippen LogP contribution in [-0.2, 0) is 4.79 Å². The van der Waals surface area contributed by atoms with E-state index in [-0.39, 0.29) is 11.8 Å². The molecule has 1 aromatic carbocycles. The van der Waals surface area contributed by atoms with Gasteiger partial charge < -0.3 is 10.6 Å². The van der Waals surface area contributed by atoms with Gasteiger partial charge in [-0.1, -0.05) is 32.0 Å². The zero-order valence-electron chi connectivity index (χ0n) is 11.7. The molecule has 1 atom stereocenters. The van der Waals surface area contributed by atoms with Crippen LogP contribution in [0.15, 0.2) is 24.3 Å². The molecule has 3 heteroatoms. The summed E-state index contributed by atoms with van der Waals surface area (Å²) < 4.78 is 0. The molecule has 1 saturated carbocycles. The Morgan fingerprint density at radius 1 is 1.42 bits per heavy atom. The lowest BCUT2D eigenvalue weighted by Gasteiger charge is -2.21. The van der Waals surface area contributed by atoms with E-state index in [1.54, 1.807) is 0 Å². The van der Waals surface area contributed by atoms with E-state index in [2.05, 4.69) is 30.5 Å². The first kappa shape index (κ1) is 12.5. The highest BCUT2D eigenvalue weighted by atomic mass is 16.1. The maximum absolute atomic E-state index is 12.4. The van der Waals surface area contributed by atoms with Crippen LogP contribution in [0.3, 0.4) is 0 Å². The molecule has 19 heavy (non-hydrogen) atoms. The minimum Gasteiger partial charge on any atom is -0.384 e. The Morgan fingerprint density at radius 2 is 2.16 bits per heavy atom. The van der Waals surface area contributed by atoms with Crippen molar-refractivity contribution >= 4 is 11.6 Å². The van der Waals surface area contributed by atoms with Gasteiger partial charge in [0.15, 0.2) is 0 Å². The van der Waals surface area contributed by atoms with E-state index in [1.807, 2.05) is 18.2 Å². The van der Waals surface area contributed by atoms with Crippen LogP contribution in [0, 0.1) is 11.3 Å². The summed E-state index contributed by atoms with van der Waals surface area (Å²) in [7, 11) is 0. The van der Waals surface area contributed by atoms with Crippen molar-refractivity contribution in [3.05, 3.63) is 29.8 Å². The molecule has 0 spiro atoms. The number of fused-ring (bicyclic) bond motifs is 1. The van der Waals surface area contributed by atoms with E-state index >= 15 is 0 Å². The van der Waals surface area contributed by atoms with Crippen LogP contribution in [0.25, 0.3) is 0 Å². The standard InChI is InChI=1S/C16H22N2O/c1-11(2)16(7-8-16)10-18-15(19)13-9-17-14-6-4-3-5-12(13)14/h3-6,11,13,17H,7-10H2,1-2H3,(H,18,19). The molecule has 1 heterocycles. The van der Waals surface area contributed by atoms with Crippen LogP contribution in [0.2, 0.25) is 0 Å². The zero-order valence-corrected chi connectivity index (χ0v) is 11.7. The highest BCUT2D eigenvalue weighted by Gasteiger charge is 2.45. The van der Waals surface area contributed by atoms with Crippen molar-refractivity contribution in [1.29, 1.82) is 0 Å². The van der Waals surface area contributed by atoms with E-state index in [0.717, 1.165) is 24.3 Å². The number of benzene rings is 1. The largest absolute Gasteiger partial charge is 0.384 e. The lowest BCUT2D eigenvalue weighted by Crippen LogP contribution is -2.36. The highest BCUT2D eigenvalue weighted by Crippen LogP contribution is 2.51. The molecular weight excluding hydrogens is 236 g/mol. The Morgan fingerprint density at radius 3 is 2.84 bits per heavy atom. The summed E-state index contributed by atoms with van der Waals surface area (Å²) in [4.78, 5) is 12.4. The van der Waals surface area contributed by atoms with Crippen LogP contribution in [0.1, 0.15) is 38.2 Å². The van der Waals surface area contributed by atoms with Gasteiger partial charge in [-0.25, -0.2) is 0 Å². The summed E-state index contributed by atoms with van der Waals surface area (Å²) in [6.07, 6.45) is 2.51. The second kappa shape index (κ2) is 4.55. The topological polar surface area (TPSA) is 41.1 Å². The number of carbonyl (C=O) groups excluding carboxylic acids is 1. The van der Waals surface area contributed by atoms with E-state index in [9.17, 15) is 4.79 Å². The lowest BCUT2D eigenvalue weighted by molar-refractivity contribution is -0.122. The van der Waals surface area contributed by atoms with Crippen LogP contribution in [0.4, 0.5) is 5.69 Å². The van der Waals surface area contributed by atoms with Gasteiger partial charge in [-0.3, -0.25) is 4.79 Å². The normalized spacial score (nSPS) is 22.8. The minimum atomic E-state index is -0.0286. The fourth-order valence-electron chi connectivity index (χ4n) is 3.02. The molecule has 3 nitrogen and oxygen atoms in total. The molecule has 1 fully saturated rings. The van der Waals surface area contributed by atoms with Gasteiger partial charge in [0.2, 0.25) is 5.91 Å². The van der Waals surface area contributed by atoms with Gasteiger partial charge in [0.1, 0.15) is 0 Å². The summed E-state index contributed by atoms with van der Waals surface area (Å²) in [5.74, 6) is 0.797. The van der Waals surface area contributed by atoms with Crippen molar-refractivity contribution in [3.8, 4) is 0 Å². The first-order valence-electron chi connectivity index (χ1n) is 7.23. The number of nitrogens with one attached hydrogen (secondary N) is 2. The van der Waals surface area contributed by atoms with Crippen molar-refractivity contribution in [2.24, 2.45) is 11.3 Å². The fraction of sp³-hybridized carbons (Fsp3) is 0.562. The maximum Gasteiger partial charge on any atom is 0.229 e. The number of para-hydroxylation sites is 1. The molecule has 0 radical (unpaired) electrons. The number of anilines is 1.